The molecule has 1 fully saturated rings. The lowest BCUT2D eigenvalue weighted by Crippen LogP contribution is -2.21. The van der Waals surface area contributed by atoms with Gasteiger partial charge < -0.3 is 4.90 Å². The Morgan fingerprint density at radius 3 is 2.83 bits per heavy atom. The number of benzene rings is 1. The Kier molecular flexibility index (Phi) is 3.69. The third-order valence-corrected chi connectivity index (χ3v) is 4.98. The van der Waals surface area contributed by atoms with Gasteiger partial charge in [-0.3, -0.25) is 0 Å². The summed E-state index contributed by atoms with van der Waals surface area (Å²) >= 11 is 0. The van der Waals surface area contributed by atoms with Gasteiger partial charge >= 0.3 is 0 Å². The molecule has 18 heavy (non-hydrogen) atoms. The highest BCUT2D eigenvalue weighted by Crippen LogP contribution is 2.40. The van der Waals surface area contributed by atoms with Crippen LogP contribution in [0.15, 0.2) is 24.3 Å². The molecule has 1 aliphatic carbocycles. The SMILES string of the molecule is CN1CCC[C@@H](C2CCCc3ccccc32)CC1. The number of rotatable bonds is 1. The Hall–Kier alpha value is -0.820. The molecule has 1 heterocycles. The van der Waals surface area contributed by atoms with E-state index in [2.05, 4.69) is 36.2 Å². The van der Waals surface area contributed by atoms with Crippen molar-refractivity contribution in [2.75, 3.05) is 20.1 Å². The average Bonchev–Trinajstić information content (AvgIpc) is 2.63. The Labute approximate surface area is 111 Å². The summed E-state index contributed by atoms with van der Waals surface area (Å²) < 4.78 is 0. The zero-order valence-corrected chi connectivity index (χ0v) is 11.6. The second-order valence-electron chi connectivity index (χ2n) is 6.19. The molecule has 1 heteroatoms. The van der Waals surface area contributed by atoms with Gasteiger partial charge in [0.15, 0.2) is 0 Å². The van der Waals surface area contributed by atoms with Gasteiger partial charge in [-0.05, 0) is 81.6 Å². The van der Waals surface area contributed by atoms with Crippen molar-refractivity contribution in [2.45, 2.75) is 44.4 Å². The quantitative estimate of drug-likeness (QED) is 0.724. The second kappa shape index (κ2) is 5.44. The summed E-state index contributed by atoms with van der Waals surface area (Å²) in [7, 11) is 2.27. The van der Waals surface area contributed by atoms with Gasteiger partial charge in [-0.15, -0.1) is 0 Å². The molecule has 2 atom stereocenters. The summed E-state index contributed by atoms with van der Waals surface area (Å²) in [6, 6.07) is 9.19. The van der Waals surface area contributed by atoms with Gasteiger partial charge in [-0.1, -0.05) is 24.3 Å². The van der Waals surface area contributed by atoms with Crippen LogP contribution in [0, 0.1) is 5.92 Å². The Balaban J connectivity index is 1.80. The fraction of sp³-hybridized carbons (Fsp3) is 0.647. The monoisotopic (exact) mass is 243 g/mol. The molecule has 0 N–H and O–H groups in total. The van der Waals surface area contributed by atoms with E-state index in [1.807, 2.05) is 0 Å². The molecule has 0 spiro atoms. The molecule has 0 amide bonds. The zero-order chi connectivity index (χ0) is 12.4. The van der Waals surface area contributed by atoms with E-state index < -0.39 is 0 Å². The van der Waals surface area contributed by atoms with E-state index in [9.17, 15) is 0 Å². The van der Waals surface area contributed by atoms with Crippen LogP contribution in [0.3, 0.4) is 0 Å². The highest BCUT2D eigenvalue weighted by Gasteiger charge is 2.28. The summed E-state index contributed by atoms with van der Waals surface area (Å²) in [5.41, 5.74) is 3.31. The molecule has 98 valence electrons. The smallest absolute Gasteiger partial charge is 0.00189 e. The lowest BCUT2D eigenvalue weighted by Gasteiger charge is -2.32. The van der Waals surface area contributed by atoms with Gasteiger partial charge in [0.05, 0.1) is 0 Å². The lowest BCUT2D eigenvalue weighted by molar-refractivity contribution is 0.317. The van der Waals surface area contributed by atoms with Crippen LogP contribution >= 0.6 is 0 Å². The van der Waals surface area contributed by atoms with Crippen LogP contribution < -0.4 is 0 Å². The maximum Gasteiger partial charge on any atom is -0.00189 e. The fourth-order valence-corrected chi connectivity index (χ4v) is 3.95. The van der Waals surface area contributed by atoms with Crippen LogP contribution in [0.5, 0.6) is 0 Å². The summed E-state index contributed by atoms with van der Waals surface area (Å²) in [5, 5.41) is 0. The topological polar surface area (TPSA) is 3.24 Å². The van der Waals surface area contributed by atoms with Crippen LogP contribution in [0.25, 0.3) is 0 Å². The maximum atomic E-state index is 2.51. The summed E-state index contributed by atoms with van der Waals surface area (Å²) in [4.78, 5) is 2.51. The van der Waals surface area contributed by atoms with Gasteiger partial charge in [0.2, 0.25) is 0 Å². The summed E-state index contributed by atoms with van der Waals surface area (Å²) in [5.74, 6) is 1.78. The van der Waals surface area contributed by atoms with Gasteiger partial charge in [0.1, 0.15) is 0 Å². The number of aryl methyl sites for hydroxylation is 1. The molecule has 1 aliphatic heterocycles. The second-order valence-corrected chi connectivity index (χ2v) is 6.19. The number of hydrogen-bond acceptors (Lipinski definition) is 1. The van der Waals surface area contributed by atoms with Gasteiger partial charge in [-0.25, -0.2) is 0 Å². The van der Waals surface area contributed by atoms with Crippen molar-refractivity contribution in [1.29, 1.82) is 0 Å². The average molecular weight is 243 g/mol. The first-order valence-electron chi connectivity index (χ1n) is 7.61. The van der Waals surface area contributed by atoms with Crippen molar-refractivity contribution in [3.8, 4) is 0 Å². The molecule has 0 aromatic heterocycles. The summed E-state index contributed by atoms with van der Waals surface area (Å²) in [6.07, 6.45) is 8.34. The minimum Gasteiger partial charge on any atom is -0.306 e. The van der Waals surface area contributed by atoms with Gasteiger partial charge in [0.25, 0.3) is 0 Å². The molecule has 1 aromatic carbocycles. The fourth-order valence-electron chi connectivity index (χ4n) is 3.95. The molecular weight excluding hydrogens is 218 g/mol. The van der Waals surface area contributed by atoms with Gasteiger partial charge in [-0.2, -0.15) is 0 Å². The van der Waals surface area contributed by atoms with E-state index in [4.69, 9.17) is 0 Å². The minimum absolute atomic E-state index is 0.849. The molecule has 0 saturated carbocycles. The van der Waals surface area contributed by atoms with Crippen molar-refractivity contribution < 1.29 is 0 Å². The molecule has 1 unspecified atom stereocenters. The summed E-state index contributed by atoms with van der Waals surface area (Å²) in [6.45, 7) is 2.59. The molecule has 2 aliphatic rings. The molecule has 1 aromatic rings. The van der Waals surface area contributed by atoms with Gasteiger partial charge in [0, 0.05) is 0 Å². The van der Waals surface area contributed by atoms with E-state index in [0.717, 1.165) is 11.8 Å². The normalized spacial score (nSPS) is 29.6. The van der Waals surface area contributed by atoms with E-state index in [1.54, 1.807) is 11.1 Å². The first-order valence-corrected chi connectivity index (χ1v) is 7.61. The van der Waals surface area contributed by atoms with E-state index >= 15 is 0 Å². The number of nitrogens with zero attached hydrogens (tertiary/aromatic N) is 1. The Morgan fingerprint density at radius 1 is 1.00 bits per heavy atom. The number of hydrogen-bond donors (Lipinski definition) is 0. The Morgan fingerprint density at radius 2 is 1.89 bits per heavy atom. The van der Waals surface area contributed by atoms with Crippen LogP contribution in [0.2, 0.25) is 0 Å². The van der Waals surface area contributed by atoms with Crippen molar-refractivity contribution in [3.63, 3.8) is 0 Å². The van der Waals surface area contributed by atoms with Crippen molar-refractivity contribution in [3.05, 3.63) is 35.4 Å². The molecule has 1 nitrogen and oxygen atoms in total. The predicted octanol–water partition coefficient (Wildman–Crippen LogP) is 3.84. The Bertz CT molecular complexity index is 398. The third kappa shape index (κ3) is 2.47. The first-order chi connectivity index (χ1) is 8.84. The maximum absolute atomic E-state index is 2.51. The van der Waals surface area contributed by atoms with E-state index in [-0.39, 0.29) is 0 Å². The standard InChI is InChI=1S/C17H25N/c1-18-12-5-8-15(11-13-18)17-10-4-7-14-6-2-3-9-16(14)17/h2-3,6,9,15,17H,4-5,7-8,10-13H2,1H3/t15-,17?/m1/s1. The molecular formula is C17H25N. The minimum atomic E-state index is 0.849. The molecule has 1 saturated heterocycles. The van der Waals surface area contributed by atoms with Crippen LogP contribution in [0.1, 0.15) is 49.1 Å². The highest BCUT2D eigenvalue weighted by molar-refractivity contribution is 5.33. The third-order valence-electron chi connectivity index (χ3n) is 4.98. The number of fused-ring (bicyclic) bond motifs is 1. The van der Waals surface area contributed by atoms with Crippen LogP contribution in [-0.4, -0.2) is 25.0 Å². The zero-order valence-electron chi connectivity index (χ0n) is 11.6. The lowest BCUT2D eigenvalue weighted by atomic mass is 9.73. The molecule has 3 rings (SSSR count). The van der Waals surface area contributed by atoms with Crippen LogP contribution in [-0.2, 0) is 6.42 Å². The van der Waals surface area contributed by atoms with Crippen molar-refractivity contribution in [1.82, 2.24) is 4.90 Å². The van der Waals surface area contributed by atoms with Crippen LogP contribution in [0.4, 0.5) is 0 Å². The first kappa shape index (κ1) is 12.2. The van der Waals surface area contributed by atoms with E-state index in [1.165, 1.54) is 51.6 Å². The van der Waals surface area contributed by atoms with Crippen molar-refractivity contribution in [2.24, 2.45) is 5.92 Å². The number of likely N-dealkylation sites (tertiary alicyclic amines) is 1. The van der Waals surface area contributed by atoms with E-state index in [0.29, 0.717) is 0 Å². The molecule has 0 radical (unpaired) electrons. The molecule has 0 bridgehead atoms. The van der Waals surface area contributed by atoms with Crippen molar-refractivity contribution >= 4 is 0 Å². The predicted molar refractivity (Wildman–Crippen MR) is 77.0 cm³/mol. The largest absolute Gasteiger partial charge is 0.306 e. The highest BCUT2D eigenvalue weighted by atomic mass is 15.1.